The summed E-state index contributed by atoms with van der Waals surface area (Å²) < 4.78 is 33.5. The third kappa shape index (κ3) is 26.0. The molecule has 7 N–H and O–H groups in total. The van der Waals surface area contributed by atoms with Crippen molar-refractivity contribution in [3.63, 3.8) is 0 Å². The van der Waals surface area contributed by atoms with Crippen molar-refractivity contribution < 1.29 is 73.8 Å². The molecular weight excluding hydrogens is 841 g/mol. The molecule has 11 atom stereocenters. The number of carbonyl (C=O) groups excluding carboxylic acids is 2. The van der Waals surface area contributed by atoms with E-state index in [9.17, 15) is 45.3 Å². The number of aliphatic hydroxyl groups excluding tert-OH is 7. The first-order chi connectivity index (χ1) is 31.5. The molecular formula is C50H86O15. The lowest BCUT2D eigenvalue weighted by atomic mass is 9.98. The van der Waals surface area contributed by atoms with E-state index in [1.54, 1.807) is 0 Å². The standard InChI is InChI=1S/C50H86O15/c1-3-5-7-9-11-13-15-17-19-21-22-24-26-28-30-32-41(52)60-35-38(63-42(53)33-31-29-27-25-23-20-18-16-14-12-10-8-6-4-2)36-61-49-48(59)46(57)44(55)40(65-49)37-62-50-47(58)45(56)43(54)39(34-51)64-50/h10-13,16-19,38-40,43-51,54-59H,3-9,14-15,20-37H2,1-2H3/b12-10+,13-11+,18-16+,19-17+/t38-,39-,40-,43+,44+,45?,46?,47?,48?,49-,50-/m1/s1. The summed E-state index contributed by atoms with van der Waals surface area (Å²) in [6.07, 6.45) is 22.8. The molecule has 0 bridgehead atoms. The number of esters is 2. The molecule has 2 heterocycles. The maximum atomic E-state index is 13.0. The number of aliphatic hydroxyl groups is 7. The van der Waals surface area contributed by atoms with Gasteiger partial charge in [-0.15, -0.1) is 0 Å². The lowest BCUT2D eigenvalue weighted by Crippen LogP contribution is -2.61. The molecule has 0 aromatic heterocycles. The molecule has 2 fully saturated rings. The molecule has 2 aliphatic heterocycles. The first kappa shape index (κ1) is 58.6. The van der Waals surface area contributed by atoms with E-state index < -0.39 is 99.3 Å². The normalized spacial score (nSPS) is 26.8. The Balaban J connectivity index is 1.84. The van der Waals surface area contributed by atoms with Gasteiger partial charge in [-0.1, -0.05) is 127 Å². The molecule has 0 amide bonds. The van der Waals surface area contributed by atoms with E-state index in [0.717, 1.165) is 89.9 Å². The maximum Gasteiger partial charge on any atom is 0.306 e. The molecule has 0 aromatic carbocycles. The number of hydrogen-bond acceptors (Lipinski definition) is 15. The number of carbonyl (C=O) groups is 2. The van der Waals surface area contributed by atoms with Gasteiger partial charge < -0.3 is 64.2 Å². The molecule has 376 valence electrons. The highest BCUT2D eigenvalue weighted by Gasteiger charge is 2.47. The summed E-state index contributed by atoms with van der Waals surface area (Å²) in [6.45, 7) is 2.48. The van der Waals surface area contributed by atoms with Crippen LogP contribution in [0.4, 0.5) is 0 Å². The van der Waals surface area contributed by atoms with Crippen LogP contribution in [0.15, 0.2) is 48.6 Å². The van der Waals surface area contributed by atoms with Gasteiger partial charge in [-0.25, -0.2) is 0 Å². The Kier molecular flexibility index (Phi) is 33.7. The van der Waals surface area contributed by atoms with Gasteiger partial charge >= 0.3 is 11.9 Å². The summed E-state index contributed by atoms with van der Waals surface area (Å²) in [7, 11) is 0. The molecule has 0 spiro atoms. The van der Waals surface area contributed by atoms with Crippen LogP contribution in [0.25, 0.3) is 0 Å². The number of unbranched alkanes of at least 4 members (excludes halogenated alkanes) is 15. The minimum atomic E-state index is -1.77. The highest BCUT2D eigenvalue weighted by molar-refractivity contribution is 5.70. The monoisotopic (exact) mass is 927 g/mol. The molecule has 0 aliphatic carbocycles. The molecule has 15 heteroatoms. The van der Waals surface area contributed by atoms with Crippen LogP contribution in [0.5, 0.6) is 0 Å². The summed E-state index contributed by atoms with van der Waals surface area (Å²) in [5.74, 6) is -0.961. The van der Waals surface area contributed by atoms with Gasteiger partial charge in [0, 0.05) is 12.8 Å². The van der Waals surface area contributed by atoms with Crippen LogP contribution in [0.3, 0.4) is 0 Å². The van der Waals surface area contributed by atoms with Gasteiger partial charge in [0.1, 0.15) is 55.4 Å². The van der Waals surface area contributed by atoms with Gasteiger partial charge in [-0.05, 0) is 70.6 Å². The highest BCUT2D eigenvalue weighted by Crippen LogP contribution is 2.26. The maximum absolute atomic E-state index is 13.0. The Morgan fingerprint density at radius 3 is 1.48 bits per heavy atom. The zero-order chi connectivity index (χ0) is 47.5. The third-order valence-corrected chi connectivity index (χ3v) is 11.5. The van der Waals surface area contributed by atoms with Gasteiger partial charge in [0.15, 0.2) is 18.7 Å². The smallest absolute Gasteiger partial charge is 0.306 e. The Morgan fingerprint density at radius 1 is 0.492 bits per heavy atom. The Morgan fingerprint density at radius 2 is 0.938 bits per heavy atom. The topological polar surface area (TPSA) is 231 Å². The highest BCUT2D eigenvalue weighted by atomic mass is 16.7. The molecule has 65 heavy (non-hydrogen) atoms. The van der Waals surface area contributed by atoms with Crippen molar-refractivity contribution in [2.24, 2.45) is 0 Å². The fourth-order valence-corrected chi connectivity index (χ4v) is 7.38. The van der Waals surface area contributed by atoms with Crippen LogP contribution in [-0.2, 0) is 38.0 Å². The zero-order valence-electron chi connectivity index (χ0n) is 39.5. The Labute approximate surface area is 388 Å². The van der Waals surface area contributed by atoms with E-state index in [2.05, 4.69) is 62.5 Å². The van der Waals surface area contributed by atoms with Crippen molar-refractivity contribution in [3.05, 3.63) is 48.6 Å². The van der Waals surface area contributed by atoms with Crippen LogP contribution in [0.1, 0.15) is 162 Å². The molecule has 2 saturated heterocycles. The lowest BCUT2D eigenvalue weighted by molar-refractivity contribution is -0.332. The molecule has 4 unspecified atom stereocenters. The third-order valence-electron chi connectivity index (χ3n) is 11.5. The SMILES string of the molecule is CCCC/C=C/C/C=C/CCCCCCCC(=O)O[C@H](COC(=O)CCCCCCC/C=C/C/C=C/CCCCC)CO[C@@H]1O[C@H](CO[C@@H]2O[C@H](CO)[C@H](O)C(O)C2O)[C@H](O)C(O)C1O. The van der Waals surface area contributed by atoms with Gasteiger partial charge in [0.2, 0.25) is 0 Å². The van der Waals surface area contributed by atoms with Gasteiger partial charge in [-0.3, -0.25) is 9.59 Å². The summed E-state index contributed by atoms with van der Waals surface area (Å²) in [4.78, 5) is 25.7. The van der Waals surface area contributed by atoms with Crippen molar-refractivity contribution in [2.75, 3.05) is 26.4 Å². The minimum absolute atomic E-state index is 0.144. The second kappa shape index (κ2) is 37.4. The van der Waals surface area contributed by atoms with E-state index in [4.69, 9.17) is 28.4 Å². The predicted octanol–water partition coefficient (Wildman–Crippen LogP) is 6.32. The van der Waals surface area contributed by atoms with E-state index >= 15 is 0 Å². The van der Waals surface area contributed by atoms with Gasteiger partial charge in [0.25, 0.3) is 0 Å². The molecule has 15 nitrogen and oxygen atoms in total. The van der Waals surface area contributed by atoms with Crippen molar-refractivity contribution in [1.29, 1.82) is 0 Å². The van der Waals surface area contributed by atoms with Crippen molar-refractivity contribution in [2.45, 2.75) is 229 Å². The minimum Gasteiger partial charge on any atom is -0.462 e. The summed E-state index contributed by atoms with van der Waals surface area (Å²) in [5.41, 5.74) is 0. The fourth-order valence-electron chi connectivity index (χ4n) is 7.38. The van der Waals surface area contributed by atoms with Crippen LogP contribution in [0.2, 0.25) is 0 Å². The molecule has 2 aliphatic rings. The van der Waals surface area contributed by atoms with Crippen molar-refractivity contribution in [3.8, 4) is 0 Å². The molecule has 0 radical (unpaired) electrons. The zero-order valence-corrected chi connectivity index (χ0v) is 39.5. The average molecular weight is 927 g/mol. The van der Waals surface area contributed by atoms with Crippen LogP contribution < -0.4 is 0 Å². The number of rotatable bonds is 37. The second-order valence-corrected chi connectivity index (χ2v) is 17.3. The summed E-state index contributed by atoms with van der Waals surface area (Å²) in [5, 5.41) is 72.0. The van der Waals surface area contributed by atoms with E-state index in [1.165, 1.54) is 32.1 Å². The lowest BCUT2D eigenvalue weighted by Gasteiger charge is -2.42. The summed E-state index contributed by atoms with van der Waals surface area (Å²) in [6, 6.07) is 0. The van der Waals surface area contributed by atoms with E-state index in [0.29, 0.717) is 12.8 Å². The summed E-state index contributed by atoms with van der Waals surface area (Å²) >= 11 is 0. The number of hydrogen-bond donors (Lipinski definition) is 7. The first-order valence-electron chi connectivity index (χ1n) is 24.7. The Hall–Kier alpha value is -2.54. The Bertz CT molecular complexity index is 1320. The number of ether oxygens (including phenoxy) is 6. The largest absolute Gasteiger partial charge is 0.462 e. The van der Waals surface area contributed by atoms with Crippen molar-refractivity contribution >= 4 is 11.9 Å². The quantitative estimate of drug-likeness (QED) is 0.0205. The predicted molar refractivity (Wildman–Crippen MR) is 247 cm³/mol. The fraction of sp³-hybridized carbons (Fsp3) is 0.800. The van der Waals surface area contributed by atoms with Crippen LogP contribution in [0, 0.1) is 0 Å². The molecule has 2 rings (SSSR count). The average Bonchev–Trinajstić information content (AvgIpc) is 3.30. The second-order valence-electron chi connectivity index (χ2n) is 17.3. The van der Waals surface area contributed by atoms with Gasteiger partial charge in [-0.2, -0.15) is 0 Å². The van der Waals surface area contributed by atoms with Gasteiger partial charge in [0.05, 0.1) is 19.8 Å². The molecule has 0 aromatic rings. The van der Waals surface area contributed by atoms with Crippen LogP contribution in [-0.4, -0.2) is 142 Å². The van der Waals surface area contributed by atoms with Crippen molar-refractivity contribution in [1.82, 2.24) is 0 Å². The first-order valence-corrected chi connectivity index (χ1v) is 24.7. The van der Waals surface area contributed by atoms with E-state index in [1.807, 2.05) is 0 Å². The number of allylic oxidation sites excluding steroid dienone is 8. The molecule has 0 saturated carbocycles. The van der Waals surface area contributed by atoms with Crippen LogP contribution >= 0.6 is 0 Å². The van der Waals surface area contributed by atoms with E-state index in [-0.39, 0.29) is 19.4 Å².